The number of primary amides is 2. The Kier molecular flexibility index (Phi) is 32.0. The van der Waals surface area contributed by atoms with Gasteiger partial charge < -0.3 is 75.5 Å². The standard InChI is InChI=1S/C54H99N13O12/c1-28(2)20-34(56)46(71)65-41(25-33(11)12)54(79)67-19-15-17-43(67)53(78)64-40(26-44(57)69)51(76)62-39(24-32(9)10)50(75)61-37(22-30(5)6)48(73)59-35(16-13-14-18-55)47(72)66-42(27-68)52(77)63-38(23-31(7)8)49(74)60-36(45(58)70)21-29(3)4/h28-43,68H,13-27,55-56H2,1-12H3,(H2,57,69)(H2,58,70)(H,59,73)(H,60,74)(H,61,75)(H,62,76)(H,63,77)(H,64,78)(H,65,71)(H,66,72)/t34-,35-,36-,37-,38-,39-,40-,41-,42-,43-/m0/s1. The highest BCUT2D eigenvalue weighted by Gasteiger charge is 2.41. The zero-order chi connectivity index (χ0) is 60.4. The van der Waals surface area contributed by atoms with Crippen molar-refractivity contribution in [3.8, 4) is 0 Å². The maximum absolute atomic E-state index is 14.3. The van der Waals surface area contributed by atoms with Crippen molar-refractivity contribution in [3.05, 3.63) is 0 Å². The van der Waals surface area contributed by atoms with Crippen LogP contribution in [0.15, 0.2) is 0 Å². The largest absolute Gasteiger partial charge is 0.394 e. The lowest BCUT2D eigenvalue weighted by Crippen LogP contribution is -2.61. The Balaban J connectivity index is 3.43. The second kappa shape index (κ2) is 35.6. The summed E-state index contributed by atoms with van der Waals surface area (Å²) in [4.78, 5) is 151. The van der Waals surface area contributed by atoms with E-state index in [0.717, 1.165) is 0 Å². The van der Waals surface area contributed by atoms with E-state index in [2.05, 4.69) is 42.5 Å². The van der Waals surface area contributed by atoms with Crippen LogP contribution in [0.25, 0.3) is 0 Å². The van der Waals surface area contributed by atoms with Crippen LogP contribution in [0.1, 0.15) is 160 Å². The third-order valence-corrected chi connectivity index (χ3v) is 13.0. The summed E-state index contributed by atoms with van der Waals surface area (Å²) in [6.07, 6.45) is 1.87. The van der Waals surface area contributed by atoms with Crippen molar-refractivity contribution in [2.24, 2.45) is 58.4 Å². The first-order valence-electron chi connectivity index (χ1n) is 28.2. The van der Waals surface area contributed by atoms with E-state index in [1.807, 2.05) is 55.4 Å². The van der Waals surface area contributed by atoms with Crippen LogP contribution >= 0.6 is 0 Å². The molecule has 25 heteroatoms. The number of nitrogens with two attached hydrogens (primary N) is 4. The predicted molar refractivity (Wildman–Crippen MR) is 298 cm³/mol. The Labute approximate surface area is 467 Å². The van der Waals surface area contributed by atoms with Crippen LogP contribution in [0.3, 0.4) is 0 Å². The molecule has 1 heterocycles. The van der Waals surface area contributed by atoms with E-state index in [9.17, 15) is 57.8 Å². The highest BCUT2D eigenvalue weighted by atomic mass is 16.3. The quantitative estimate of drug-likeness (QED) is 0.0330. The molecule has 0 bridgehead atoms. The van der Waals surface area contributed by atoms with Crippen molar-refractivity contribution in [2.75, 3.05) is 19.7 Å². The van der Waals surface area contributed by atoms with Gasteiger partial charge in [0, 0.05) is 6.54 Å². The molecule has 1 aliphatic heterocycles. The van der Waals surface area contributed by atoms with Crippen molar-refractivity contribution in [1.29, 1.82) is 0 Å². The zero-order valence-electron chi connectivity index (χ0n) is 49.0. The molecule has 0 aromatic carbocycles. The highest BCUT2D eigenvalue weighted by molar-refractivity contribution is 5.99. The molecule has 0 unspecified atom stereocenters. The van der Waals surface area contributed by atoms with Crippen LogP contribution in [0.2, 0.25) is 0 Å². The average molecular weight is 1120 g/mol. The van der Waals surface area contributed by atoms with Crippen molar-refractivity contribution in [3.63, 3.8) is 0 Å². The molecule has 1 aliphatic rings. The van der Waals surface area contributed by atoms with Gasteiger partial charge in [0.05, 0.1) is 19.1 Å². The average Bonchev–Trinajstić information content (AvgIpc) is 3.83. The Hall–Kier alpha value is -5.95. The van der Waals surface area contributed by atoms with Crippen molar-refractivity contribution < 1.29 is 57.8 Å². The molecule has 0 aromatic heterocycles. The van der Waals surface area contributed by atoms with Crippen LogP contribution in [-0.2, 0) is 52.7 Å². The minimum atomic E-state index is -1.60. The van der Waals surface area contributed by atoms with E-state index in [-0.39, 0.29) is 93.5 Å². The van der Waals surface area contributed by atoms with Gasteiger partial charge in [0.1, 0.15) is 54.4 Å². The van der Waals surface area contributed by atoms with Crippen molar-refractivity contribution >= 4 is 65.0 Å². The number of rotatable bonds is 37. The zero-order valence-corrected chi connectivity index (χ0v) is 49.0. The van der Waals surface area contributed by atoms with Gasteiger partial charge in [-0.3, -0.25) is 52.7 Å². The first-order chi connectivity index (χ1) is 36.8. The predicted octanol–water partition coefficient (Wildman–Crippen LogP) is -1.06. The van der Waals surface area contributed by atoms with Crippen LogP contribution < -0.4 is 65.5 Å². The van der Waals surface area contributed by atoms with Gasteiger partial charge in [-0.25, -0.2) is 0 Å². The molecule has 0 aliphatic carbocycles. The maximum Gasteiger partial charge on any atom is 0.245 e. The molecule has 11 amide bonds. The highest BCUT2D eigenvalue weighted by Crippen LogP contribution is 2.22. The lowest BCUT2D eigenvalue weighted by atomic mass is 9.99. The maximum atomic E-state index is 14.3. The minimum absolute atomic E-state index is 0.000591. The summed E-state index contributed by atoms with van der Waals surface area (Å²) < 4.78 is 0. The smallest absolute Gasteiger partial charge is 0.245 e. The summed E-state index contributed by atoms with van der Waals surface area (Å²) in [6.45, 7) is 21.6. The van der Waals surface area contributed by atoms with E-state index in [0.29, 0.717) is 25.7 Å². The molecule has 0 aromatic rings. The molecule has 0 saturated carbocycles. The lowest BCUT2D eigenvalue weighted by Gasteiger charge is -2.31. The number of aliphatic hydroxyl groups excluding tert-OH is 1. The number of hydrogen-bond donors (Lipinski definition) is 13. The first-order valence-corrected chi connectivity index (χ1v) is 28.2. The number of carbonyl (C=O) groups is 11. The Morgan fingerprint density at radius 1 is 0.468 bits per heavy atom. The Morgan fingerprint density at radius 2 is 0.835 bits per heavy atom. The molecule has 0 spiro atoms. The fourth-order valence-corrected chi connectivity index (χ4v) is 9.18. The molecule has 1 fully saturated rings. The topological polar surface area (TPSA) is 412 Å². The van der Waals surface area contributed by atoms with Crippen molar-refractivity contribution in [2.45, 2.75) is 221 Å². The third-order valence-electron chi connectivity index (χ3n) is 13.0. The second-order valence-corrected chi connectivity index (χ2v) is 23.6. The summed E-state index contributed by atoms with van der Waals surface area (Å²) in [7, 11) is 0. The summed E-state index contributed by atoms with van der Waals surface area (Å²) >= 11 is 0. The number of likely N-dealkylation sites (tertiary alicyclic amines) is 1. The second-order valence-electron chi connectivity index (χ2n) is 23.6. The molecule has 1 saturated heterocycles. The van der Waals surface area contributed by atoms with Gasteiger partial charge in [-0.1, -0.05) is 83.1 Å². The first kappa shape index (κ1) is 71.1. The normalized spacial score (nSPS) is 17.0. The summed E-state index contributed by atoms with van der Waals surface area (Å²) in [6, 6.07) is -12.3. The summed E-state index contributed by atoms with van der Waals surface area (Å²) in [5.74, 6) is -8.97. The fraction of sp³-hybridized carbons (Fsp3) is 0.796. The Morgan fingerprint density at radius 3 is 1.25 bits per heavy atom. The minimum Gasteiger partial charge on any atom is -0.394 e. The van der Waals surface area contributed by atoms with Crippen LogP contribution in [0.5, 0.6) is 0 Å². The van der Waals surface area contributed by atoms with Gasteiger partial charge in [0.2, 0.25) is 65.0 Å². The number of amides is 11. The van der Waals surface area contributed by atoms with Gasteiger partial charge >= 0.3 is 0 Å². The molecule has 452 valence electrons. The van der Waals surface area contributed by atoms with Gasteiger partial charge in [-0.2, -0.15) is 0 Å². The van der Waals surface area contributed by atoms with Gasteiger partial charge in [0.25, 0.3) is 0 Å². The van der Waals surface area contributed by atoms with E-state index >= 15 is 0 Å². The number of aliphatic hydroxyl groups is 1. The molecule has 1 rings (SSSR count). The number of carbonyl (C=O) groups excluding carboxylic acids is 11. The molecular weight excluding hydrogens is 1020 g/mol. The number of hydrogen-bond acceptors (Lipinski definition) is 14. The van der Waals surface area contributed by atoms with E-state index < -0.39 is 138 Å². The lowest BCUT2D eigenvalue weighted by molar-refractivity contribution is -0.143. The Bertz CT molecular complexity index is 2040. The molecule has 0 radical (unpaired) electrons. The summed E-state index contributed by atoms with van der Waals surface area (Å²) in [5, 5.41) is 31.3. The van der Waals surface area contributed by atoms with Crippen LogP contribution in [0.4, 0.5) is 0 Å². The van der Waals surface area contributed by atoms with Crippen LogP contribution in [-0.4, -0.2) is 155 Å². The molecule has 79 heavy (non-hydrogen) atoms. The number of nitrogens with zero attached hydrogens (tertiary/aromatic N) is 1. The van der Waals surface area contributed by atoms with E-state index in [1.165, 1.54) is 4.90 Å². The van der Waals surface area contributed by atoms with Crippen molar-refractivity contribution in [1.82, 2.24) is 47.4 Å². The van der Waals surface area contributed by atoms with Gasteiger partial charge in [-0.05, 0) is 113 Å². The van der Waals surface area contributed by atoms with E-state index in [1.54, 1.807) is 27.7 Å². The molecule has 17 N–H and O–H groups in total. The fourth-order valence-electron chi connectivity index (χ4n) is 9.18. The van der Waals surface area contributed by atoms with E-state index in [4.69, 9.17) is 22.9 Å². The monoisotopic (exact) mass is 1120 g/mol. The number of nitrogens with one attached hydrogen (secondary N) is 8. The van der Waals surface area contributed by atoms with Crippen LogP contribution in [0, 0.1) is 35.5 Å². The molecular formula is C54H99N13O12. The third kappa shape index (κ3) is 26.7. The summed E-state index contributed by atoms with van der Waals surface area (Å²) in [5.41, 5.74) is 23.0. The van der Waals surface area contributed by atoms with Gasteiger partial charge in [-0.15, -0.1) is 0 Å². The number of unbranched alkanes of at least 4 members (excludes halogenated alkanes) is 1. The molecule has 10 atom stereocenters. The SMILES string of the molecule is CC(C)C[C@H](NC(=O)[C@H](CC(C)C)NC(=O)[C@H](CO)NC(=O)[C@H](CCCCN)NC(=O)[C@H](CC(C)C)NC(=O)[C@H](CC(C)C)NC(=O)[C@H](CC(N)=O)NC(=O)[C@@H]1CCCN1C(=O)[C@H](CC(C)C)NC(=O)[C@@H](N)CC(C)C)C(N)=O. The van der Waals surface area contributed by atoms with Gasteiger partial charge in [0.15, 0.2) is 0 Å². The molecule has 25 nitrogen and oxygen atoms in total.